The Morgan fingerprint density at radius 2 is 2.42 bits per heavy atom. The van der Waals surface area contributed by atoms with Gasteiger partial charge < -0.3 is 5.32 Å². The molecule has 1 aliphatic rings. The van der Waals surface area contributed by atoms with Gasteiger partial charge in [-0.3, -0.25) is 9.79 Å². The molecule has 2 rings (SSSR count). The van der Waals surface area contributed by atoms with Crippen molar-refractivity contribution in [3.63, 3.8) is 0 Å². The van der Waals surface area contributed by atoms with Crippen LogP contribution >= 0.6 is 11.3 Å². The third-order valence-electron chi connectivity index (χ3n) is 1.64. The maximum absolute atomic E-state index is 11.2. The largest absolute Gasteiger partial charge is 0.323 e. The number of thiophene rings is 1. The van der Waals surface area contributed by atoms with Gasteiger partial charge >= 0.3 is 0 Å². The van der Waals surface area contributed by atoms with E-state index in [1.54, 1.807) is 11.3 Å². The molecular formula is C8H8N2OS. The van der Waals surface area contributed by atoms with Crippen molar-refractivity contribution in [2.75, 3.05) is 5.32 Å². The average molecular weight is 180 g/mol. The molecule has 2 heterocycles. The molecule has 0 spiro atoms. The molecule has 0 saturated carbocycles. The molecule has 0 aromatic carbocycles. The van der Waals surface area contributed by atoms with Crippen molar-refractivity contribution in [3.05, 3.63) is 10.8 Å². The fraction of sp³-hybridized carbons (Fsp3) is 0.250. The zero-order valence-corrected chi connectivity index (χ0v) is 7.44. The first-order valence-electron chi connectivity index (χ1n) is 3.66. The number of anilines is 1. The molecule has 0 saturated heterocycles. The zero-order valence-electron chi connectivity index (χ0n) is 6.63. The third-order valence-corrected chi connectivity index (χ3v) is 2.37. The number of aliphatic imine (C=N–C) groups is 1. The van der Waals surface area contributed by atoms with Crippen molar-refractivity contribution in [3.8, 4) is 0 Å². The molecule has 1 N–H and O–H groups in total. The molecule has 0 bridgehead atoms. The summed E-state index contributed by atoms with van der Waals surface area (Å²) in [5.74, 6) is 0.0217. The van der Waals surface area contributed by atoms with Crippen LogP contribution in [-0.4, -0.2) is 11.6 Å². The minimum Gasteiger partial charge on any atom is -0.323 e. The molecule has 1 amide bonds. The molecule has 0 atom stereocenters. The summed E-state index contributed by atoms with van der Waals surface area (Å²) in [6.45, 7) is 1.87. The maximum atomic E-state index is 11.2. The second-order valence-corrected chi connectivity index (χ2v) is 3.49. The van der Waals surface area contributed by atoms with Gasteiger partial charge in [0, 0.05) is 16.5 Å². The Hall–Kier alpha value is -1.16. The van der Waals surface area contributed by atoms with E-state index < -0.39 is 0 Å². The van der Waals surface area contributed by atoms with Gasteiger partial charge in [0.2, 0.25) is 5.91 Å². The van der Waals surface area contributed by atoms with Gasteiger partial charge in [0.1, 0.15) is 0 Å². The Morgan fingerprint density at radius 3 is 3.25 bits per heavy atom. The Labute approximate surface area is 74.1 Å². The highest BCUT2D eigenvalue weighted by Gasteiger charge is 2.12. The molecule has 1 aliphatic heterocycles. The van der Waals surface area contributed by atoms with Crippen molar-refractivity contribution < 1.29 is 4.79 Å². The van der Waals surface area contributed by atoms with Crippen LogP contribution in [0.5, 0.6) is 0 Å². The average Bonchev–Trinajstić information content (AvgIpc) is 2.31. The first-order chi connectivity index (χ1) is 5.75. The molecule has 0 aliphatic carbocycles. The molecule has 1 aromatic heterocycles. The topological polar surface area (TPSA) is 41.5 Å². The van der Waals surface area contributed by atoms with E-state index in [0.29, 0.717) is 6.42 Å². The fourth-order valence-corrected chi connectivity index (χ4v) is 1.83. The van der Waals surface area contributed by atoms with Crippen molar-refractivity contribution in [1.29, 1.82) is 0 Å². The highest BCUT2D eigenvalue weighted by molar-refractivity contribution is 7.09. The fourth-order valence-electron chi connectivity index (χ4n) is 1.14. The van der Waals surface area contributed by atoms with Crippen LogP contribution in [-0.2, 0) is 4.79 Å². The first-order valence-corrected chi connectivity index (χ1v) is 4.60. The number of nitrogens with one attached hydrogen (secondary N) is 1. The maximum Gasteiger partial charge on any atom is 0.230 e. The Bertz CT molecular complexity index is 354. The predicted molar refractivity (Wildman–Crippen MR) is 50.3 cm³/mol. The number of carbonyl (C=O) groups excluding carboxylic acids is 1. The number of hydrogen-bond acceptors (Lipinski definition) is 3. The number of rotatable bonds is 0. The molecule has 3 nitrogen and oxygen atoms in total. The van der Waals surface area contributed by atoms with E-state index in [-0.39, 0.29) is 5.91 Å². The van der Waals surface area contributed by atoms with Gasteiger partial charge in [-0.15, -0.1) is 11.3 Å². The van der Waals surface area contributed by atoms with E-state index in [1.165, 1.54) is 0 Å². The van der Waals surface area contributed by atoms with Crippen LogP contribution in [0.25, 0.3) is 0 Å². The lowest BCUT2D eigenvalue weighted by molar-refractivity contribution is -0.115. The summed E-state index contributed by atoms with van der Waals surface area (Å²) in [7, 11) is 0. The number of carbonyl (C=O) groups is 1. The van der Waals surface area contributed by atoms with Crippen molar-refractivity contribution in [1.82, 2.24) is 0 Å². The molecular weight excluding hydrogens is 172 g/mol. The van der Waals surface area contributed by atoms with Crippen LogP contribution in [0, 0.1) is 0 Å². The van der Waals surface area contributed by atoms with E-state index in [4.69, 9.17) is 0 Å². The molecule has 1 aromatic rings. The standard InChI is InChI=1S/C8H8N2OS/c1-5-2-8(11)10-7-4-12-3-6(7)9-5/h3-4H,2H2,1H3,(H,10,11). The number of hydrogen-bond donors (Lipinski definition) is 1. The van der Waals surface area contributed by atoms with Crippen molar-refractivity contribution >= 4 is 34.3 Å². The summed E-state index contributed by atoms with van der Waals surface area (Å²) in [5, 5.41) is 6.62. The molecule has 0 unspecified atom stereocenters. The van der Waals surface area contributed by atoms with Crippen LogP contribution in [0.2, 0.25) is 0 Å². The van der Waals surface area contributed by atoms with E-state index in [0.717, 1.165) is 17.1 Å². The van der Waals surface area contributed by atoms with Crippen LogP contribution < -0.4 is 5.32 Å². The summed E-state index contributed by atoms with van der Waals surface area (Å²) in [4.78, 5) is 15.5. The summed E-state index contributed by atoms with van der Waals surface area (Å²) < 4.78 is 0. The molecule has 0 fully saturated rings. The van der Waals surface area contributed by atoms with Crippen molar-refractivity contribution in [2.45, 2.75) is 13.3 Å². The van der Waals surface area contributed by atoms with Crippen LogP contribution in [0.15, 0.2) is 15.8 Å². The van der Waals surface area contributed by atoms with Gasteiger partial charge in [0.05, 0.1) is 17.8 Å². The Morgan fingerprint density at radius 1 is 1.58 bits per heavy atom. The van der Waals surface area contributed by atoms with Gasteiger partial charge in [-0.05, 0) is 6.92 Å². The minimum atomic E-state index is 0.0217. The smallest absolute Gasteiger partial charge is 0.230 e. The summed E-state index contributed by atoms with van der Waals surface area (Å²) in [5.41, 5.74) is 2.58. The summed E-state index contributed by atoms with van der Waals surface area (Å²) in [6.07, 6.45) is 0.402. The van der Waals surface area contributed by atoms with Gasteiger partial charge in [-0.25, -0.2) is 0 Å². The van der Waals surface area contributed by atoms with Crippen LogP contribution in [0.4, 0.5) is 11.4 Å². The number of fused-ring (bicyclic) bond motifs is 1. The third kappa shape index (κ3) is 1.25. The lowest BCUT2D eigenvalue weighted by Crippen LogP contribution is -2.12. The quantitative estimate of drug-likeness (QED) is 0.653. The lowest BCUT2D eigenvalue weighted by Gasteiger charge is -1.96. The van der Waals surface area contributed by atoms with Crippen LogP contribution in [0.1, 0.15) is 13.3 Å². The Kier molecular flexibility index (Phi) is 1.69. The Balaban J connectivity index is 2.48. The monoisotopic (exact) mass is 180 g/mol. The second-order valence-electron chi connectivity index (χ2n) is 2.74. The van der Waals surface area contributed by atoms with Gasteiger partial charge in [0.25, 0.3) is 0 Å². The van der Waals surface area contributed by atoms with Crippen LogP contribution in [0.3, 0.4) is 0 Å². The molecule has 62 valence electrons. The highest BCUT2D eigenvalue weighted by atomic mass is 32.1. The van der Waals surface area contributed by atoms with E-state index in [1.807, 2.05) is 17.7 Å². The molecule has 0 radical (unpaired) electrons. The molecule has 12 heavy (non-hydrogen) atoms. The predicted octanol–water partition coefficient (Wildman–Crippen LogP) is 2.18. The lowest BCUT2D eigenvalue weighted by atomic mass is 10.3. The normalized spacial score (nSPS) is 16.1. The summed E-state index contributed by atoms with van der Waals surface area (Å²) >= 11 is 1.55. The SMILES string of the molecule is CC1=Nc2cscc2NC(=O)C1. The number of amides is 1. The van der Waals surface area contributed by atoms with Gasteiger partial charge in [-0.1, -0.05) is 0 Å². The van der Waals surface area contributed by atoms with E-state index >= 15 is 0 Å². The van der Waals surface area contributed by atoms with Gasteiger partial charge in [0.15, 0.2) is 0 Å². The second kappa shape index (κ2) is 2.71. The van der Waals surface area contributed by atoms with Gasteiger partial charge in [-0.2, -0.15) is 0 Å². The van der Waals surface area contributed by atoms with E-state index in [2.05, 4.69) is 10.3 Å². The summed E-state index contributed by atoms with van der Waals surface area (Å²) in [6, 6.07) is 0. The molecule has 4 heteroatoms. The number of nitrogens with zero attached hydrogens (tertiary/aromatic N) is 1. The highest BCUT2D eigenvalue weighted by Crippen LogP contribution is 2.31. The minimum absolute atomic E-state index is 0.0217. The van der Waals surface area contributed by atoms with E-state index in [9.17, 15) is 4.79 Å². The van der Waals surface area contributed by atoms with Crippen molar-refractivity contribution in [2.24, 2.45) is 4.99 Å². The first kappa shape index (κ1) is 7.49. The zero-order chi connectivity index (χ0) is 8.55.